The van der Waals surface area contributed by atoms with E-state index in [0.717, 1.165) is 63.0 Å². The summed E-state index contributed by atoms with van der Waals surface area (Å²) in [5, 5.41) is 0. The Balaban J connectivity index is 1.73. The Morgan fingerprint density at radius 1 is 0.906 bits per heavy atom. The molecule has 1 saturated carbocycles. The van der Waals surface area contributed by atoms with Crippen molar-refractivity contribution in [2.45, 2.75) is 90.3 Å². The van der Waals surface area contributed by atoms with Gasteiger partial charge in [-0.3, -0.25) is 0 Å². The fraction of sp³-hybridized carbons (Fsp3) is 0.556. The van der Waals surface area contributed by atoms with Gasteiger partial charge in [0.1, 0.15) is 0 Å². The number of ether oxygens (including phenoxy) is 1. The summed E-state index contributed by atoms with van der Waals surface area (Å²) in [6, 6.07) is 9.53. The first-order chi connectivity index (χ1) is 15.3. The highest BCUT2D eigenvalue weighted by Crippen LogP contribution is 2.42. The molecule has 0 aliphatic heterocycles. The van der Waals surface area contributed by atoms with Crippen LogP contribution in [0.3, 0.4) is 0 Å². The molecule has 1 fully saturated rings. The quantitative estimate of drug-likeness (QED) is 0.347. The standard InChI is InChI=1S/C27H34F4O/c1-4-6-19-8-12-21(13-9-19)18(3)32-27(30,31)24-17-16-23(25(28)26(24)29)22-14-10-20(7-5-2)11-15-22/h8-9,12-13,16-18,20,22H,4-7,10-11,14-15H2,1-3H3. The van der Waals surface area contributed by atoms with Gasteiger partial charge >= 0.3 is 6.11 Å². The predicted octanol–water partition coefficient (Wildman–Crippen LogP) is 8.82. The van der Waals surface area contributed by atoms with Gasteiger partial charge in [-0.1, -0.05) is 63.4 Å². The molecule has 0 amide bonds. The molecule has 2 aromatic carbocycles. The number of alkyl halides is 2. The Morgan fingerprint density at radius 3 is 2.16 bits per heavy atom. The summed E-state index contributed by atoms with van der Waals surface area (Å²) in [6.07, 6.45) is 2.70. The topological polar surface area (TPSA) is 9.23 Å². The van der Waals surface area contributed by atoms with Crippen LogP contribution in [0.2, 0.25) is 0 Å². The number of rotatable bonds is 9. The second kappa shape index (κ2) is 10.8. The molecule has 1 unspecified atom stereocenters. The molecule has 0 bridgehead atoms. The minimum absolute atomic E-state index is 0.123. The number of aryl methyl sites for hydroxylation is 1. The van der Waals surface area contributed by atoms with E-state index in [2.05, 4.69) is 13.8 Å². The molecule has 3 rings (SSSR count). The van der Waals surface area contributed by atoms with Crippen LogP contribution in [-0.4, -0.2) is 0 Å². The molecule has 0 spiro atoms. The van der Waals surface area contributed by atoms with Gasteiger partial charge in [-0.15, -0.1) is 0 Å². The Kier molecular flexibility index (Phi) is 8.37. The van der Waals surface area contributed by atoms with Gasteiger partial charge in [-0.2, -0.15) is 8.78 Å². The molecule has 0 radical (unpaired) electrons. The first kappa shape index (κ1) is 24.8. The maximum absolute atomic E-state index is 14.8. The van der Waals surface area contributed by atoms with Gasteiger partial charge in [0.25, 0.3) is 0 Å². The Labute approximate surface area is 189 Å². The Bertz CT molecular complexity index is 870. The summed E-state index contributed by atoms with van der Waals surface area (Å²) in [5.41, 5.74) is 0.831. The number of benzene rings is 2. The van der Waals surface area contributed by atoms with E-state index in [9.17, 15) is 17.6 Å². The maximum atomic E-state index is 14.8. The largest absolute Gasteiger partial charge is 0.386 e. The second-order valence-electron chi connectivity index (χ2n) is 9.11. The Hall–Kier alpha value is -1.88. The monoisotopic (exact) mass is 450 g/mol. The van der Waals surface area contributed by atoms with E-state index in [1.54, 1.807) is 12.1 Å². The summed E-state index contributed by atoms with van der Waals surface area (Å²) in [6.45, 7) is 5.70. The minimum Gasteiger partial charge on any atom is -0.309 e. The normalized spacial score (nSPS) is 20.3. The van der Waals surface area contributed by atoms with Crippen molar-refractivity contribution in [2.24, 2.45) is 5.92 Å². The molecule has 1 atom stereocenters. The molecule has 0 N–H and O–H groups in total. The van der Waals surface area contributed by atoms with Crippen LogP contribution in [0.4, 0.5) is 17.6 Å². The average Bonchev–Trinajstić information content (AvgIpc) is 2.77. The molecule has 176 valence electrons. The fourth-order valence-corrected chi connectivity index (χ4v) is 4.87. The number of hydrogen-bond donors (Lipinski definition) is 0. The summed E-state index contributed by atoms with van der Waals surface area (Å²) in [7, 11) is 0. The van der Waals surface area contributed by atoms with Gasteiger partial charge in [0.2, 0.25) is 0 Å². The van der Waals surface area contributed by atoms with Crippen LogP contribution in [0.25, 0.3) is 0 Å². The van der Waals surface area contributed by atoms with Gasteiger partial charge in [0.05, 0.1) is 11.7 Å². The van der Waals surface area contributed by atoms with E-state index >= 15 is 0 Å². The van der Waals surface area contributed by atoms with Crippen LogP contribution in [0.15, 0.2) is 36.4 Å². The lowest BCUT2D eigenvalue weighted by atomic mass is 9.77. The van der Waals surface area contributed by atoms with Crippen molar-refractivity contribution in [3.63, 3.8) is 0 Å². The molecule has 1 aliphatic rings. The predicted molar refractivity (Wildman–Crippen MR) is 120 cm³/mol. The highest BCUT2D eigenvalue weighted by atomic mass is 19.3. The summed E-state index contributed by atoms with van der Waals surface area (Å²) >= 11 is 0. The van der Waals surface area contributed by atoms with Gasteiger partial charge in [0, 0.05) is 0 Å². The molecule has 32 heavy (non-hydrogen) atoms. The molecule has 1 nitrogen and oxygen atoms in total. The van der Waals surface area contributed by atoms with E-state index < -0.39 is 29.4 Å². The maximum Gasteiger partial charge on any atom is 0.386 e. The van der Waals surface area contributed by atoms with Crippen molar-refractivity contribution < 1.29 is 22.3 Å². The molecule has 1 aliphatic carbocycles. The summed E-state index contributed by atoms with van der Waals surface area (Å²) < 4.78 is 64.2. The first-order valence-corrected chi connectivity index (χ1v) is 11.9. The lowest BCUT2D eigenvalue weighted by Crippen LogP contribution is -2.23. The molecular formula is C27H34F4O. The van der Waals surface area contributed by atoms with Crippen LogP contribution in [0.1, 0.15) is 100.0 Å². The first-order valence-electron chi connectivity index (χ1n) is 11.9. The van der Waals surface area contributed by atoms with E-state index in [4.69, 9.17) is 4.74 Å². The SMILES string of the molecule is CCCc1ccc(C(C)OC(F)(F)c2ccc(C3CCC(CCC)CC3)c(F)c2F)cc1. The van der Waals surface area contributed by atoms with E-state index in [1.807, 2.05) is 12.1 Å². The highest BCUT2D eigenvalue weighted by molar-refractivity contribution is 5.31. The summed E-state index contributed by atoms with van der Waals surface area (Å²) in [4.78, 5) is 0. The molecule has 0 heterocycles. The zero-order valence-electron chi connectivity index (χ0n) is 19.3. The zero-order chi connectivity index (χ0) is 23.3. The molecule has 0 aromatic heterocycles. The van der Waals surface area contributed by atoms with Crippen molar-refractivity contribution >= 4 is 0 Å². The smallest absolute Gasteiger partial charge is 0.309 e. The molecule has 0 saturated heterocycles. The van der Waals surface area contributed by atoms with Crippen LogP contribution in [-0.2, 0) is 17.3 Å². The average molecular weight is 451 g/mol. The van der Waals surface area contributed by atoms with Crippen molar-refractivity contribution in [2.75, 3.05) is 0 Å². The highest BCUT2D eigenvalue weighted by Gasteiger charge is 2.40. The van der Waals surface area contributed by atoms with Crippen LogP contribution >= 0.6 is 0 Å². The van der Waals surface area contributed by atoms with Gasteiger partial charge < -0.3 is 4.74 Å². The zero-order valence-corrected chi connectivity index (χ0v) is 19.3. The van der Waals surface area contributed by atoms with E-state index in [0.29, 0.717) is 11.5 Å². The van der Waals surface area contributed by atoms with Crippen LogP contribution < -0.4 is 0 Å². The second-order valence-corrected chi connectivity index (χ2v) is 9.11. The third-order valence-corrected chi connectivity index (χ3v) is 6.72. The molecule has 5 heteroatoms. The molecule has 2 aromatic rings. The van der Waals surface area contributed by atoms with Crippen LogP contribution in [0.5, 0.6) is 0 Å². The fourth-order valence-electron chi connectivity index (χ4n) is 4.87. The third kappa shape index (κ3) is 5.72. The number of halogens is 4. The van der Waals surface area contributed by atoms with Crippen molar-refractivity contribution in [3.05, 3.63) is 70.3 Å². The Morgan fingerprint density at radius 2 is 1.56 bits per heavy atom. The lowest BCUT2D eigenvalue weighted by molar-refractivity contribution is -0.273. The van der Waals surface area contributed by atoms with Crippen molar-refractivity contribution in [1.82, 2.24) is 0 Å². The van der Waals surface area contributed by atoms with E-state index in [1.165, 1.54) is 13.0 Å². The van der Waals surface area contributed by atoms with Crippen LogP contribution in [0, 0.1) is 17.6 Å². The van der Waals surface area contributed by atoms with Gasteiger partial charge in [-0.25, -0.2) is 8.78 Å². The van der Waals surface area contributed by atoms with Gasteiger partial charge in [-0.05, 0) is 73.6 Å². The minimum atomic E-state index is -3.94. The van der Waals surface area contributed by atoms with Crippen molar-refractivity contribution in [1.29, 1.82) is 0 Å². The summed E-state index contributed by atoms with van der Waals surface area (Å²) in [5.74, 6) is -2.17. The van der Waals surface area contributed by atoms with Gasteiger partial charge in [0.15, 0.2) is 11.6 Å². The third-order valence-electron chi connectivity index (χ3n) is 6.72. The van der Waals surface area contributed by atoms with Crippen molar-refractivity contribution in [3.8, 4) is 0 Å². The lowest BCUT2D eigenvalue weighted by Gasteiger charge is -2.29. The number of hydrogen-bond acceptors (Lipinski definition) is 1. The molecular weight excluding hydrogens is 416 g/mol. The van der Waals surface area contributed by atoms with E-state index in [-0.39, 0.29) is 11.5 Å².